The van der Waals surface area contributed by atoms with Crippen LogP contribution in [0.25, 0.3) is 0 Å². The summed E-state index contributed by atoms with van der Waals surface area (Å²) in [6.07, 6.45) is 1.53. The summed E-state index contributed by atoms with van der Waals surface area (Å²) in [6, 6.07) is 2.08. The first-order chi connectivity index (χ1) is 6.79. The van der Waals surface area contributed by atoms with E-state index in [0.29, 0.717) is 26.1 Å². The Bertz CT molecular complexity index is 274. The Kier molecular flexibility index (Phi) is 2.79. The number of hydrogen-bond acceptors (Lipinski definition) is 3. The smallest absolute Gasteiger partial charge is 0.114 e. The molecule has 0 spiro atoms. The molecule has 14 heavy (non-hydrogen) atoms. The first kappa shape index (κ1) is 9.61. The number of likely N-dealkylation sites (tertiary alicyclic amines) is 1. The number of nitrogens with zero attached hydrogens (tertiary/aromatic N) is 2. The van der Waals surface area contributed by atoms with Gasteiger partial charge in [-0.05, 0) is 12.5 Å². The van der Waals surface area contributed by atoms with Crippen LogP contribution in [0.15, 0.2) is 12.3 Å². The highest BCUT2D eigenvalue weighted by atomic mass is 19.1. The third-order valence-electron chi connectivity index (χ3n) is 2.68. The molecule has 0 aromatic carbocycles. The molecule has 2 atom stereocenters. The van der Waals surface area contributed by atoms with Gasteiger partial charge in [-0.3, -0.25) is 10.00 Å². The van der Waals surface area contributed by atoms with Gasteiger partial charge in [-0.25, -0.2) is 4.39 Å². The Morgan fingerprint density at radius 1 is 1.71 bits per heavy atom. The number of aromatic amines is 1. The Morgan fingerprint density at radius 3 is 3.21 bits per heavy atom. The molecule has 2 rings (SSSR count). The number of halogens is 1. The van der Waals surface area contributed by atoms with Gasteiger partial charge in [0.2, 0.25) is 0 Å². The van der Waals surface area contributed by atoms with Crippen LogP contribution in [0.2, 0.25) is 0 Å². The fourth-order valence-corrected chi connectivity index (χ4v) is 1.95. The number of H-pyrrole nitrogens is 1. The van der Waals surface area contributed by atoms with Crippen LogP contribution in [-0.4, -0.2) is 40.4 Å². The molecule has 78 valence electrons. The molecule has 0 aliphatic carbocycles. The zero-order valence-corrected chi connectivity index (χ0v) is 7.99. The van der Waals surface area contributed by atoms with E-state index in [0.717, 1.165) is 5.69 Å². The lowest BCUT2D eigenvalue weighted by atomic mass is 10.2. The van der Waals surface area contributed by atoms with E-state index in [1.807, 2.05) is 6.07 Å². The Hall–Kier alpha value is -0.940. The van der Waals surface area contributed by atoms with Gasteiger partial charge in [0, 0.05) is 37.6 Å². The van der Waals surface area contributed by atoms with Crippen LogP contribution in [0.3, 0.4) is 0 Å². The van der Waals surface area contributed by atoms with Gasteiger partial charge in [0.25, 0.3) is 0 Å². The molecule has 0 bridgehead atoms. The second kappa shape index (κ2) is 4.06. The Balaban J connectivity index is 1.97. The maximum absolute atomic E-state index is 13.1. The third-order valence-corrected chi connectivity index (χ3v) is 2.68. The summed E-state index contributed by atoms with van der Waals surface area (Å²) in [6.45, 7) is 1.72. The molecule has 1 fully saturated rings. The minimum Gasteiger partial charge on any atom is -0.329 e. The van der Waals surface area contributed by atoms with Crippen LogP contribution < -0.4 is 5.73 Å². The number of rotatable bonds is 3. The molecule has 3 N–H and O–H groups in total. The molecule has 1 aromatic heterocycles. The van der Waals surface area contributed by atoms with Gasteiger partial charge in [-0.1, -0.05) is 0 Å². The molecule has 1 aliphatic heterocycles. The maximum atomic E-state index is 13.1. The minimum absolute atomic E-state index is 0.174. The first-order valence-electron chi connectivity index (χ1n) is 4.86. The van der Waals surface area contributed by atoms with Crippen LogP contribution >= 0.6 is 0 Å². The van der Waals surface area contributed by atoms with Crippen molar-refractivity contribution in [3.05, 3.63) is 18.0 Å². The highest BCUT2D eigenvalue weighted by molar-refractivity contribution is 4.99. The molecule has 4 nitrogen and oxygen atoms in total. The van der Waals surface area contributed by atoms with Crippen molar-refractivity contribution in [3.63, 3.8) is 0 Å². The van der Waals surface area contributed by atoms with Gasteiger partial charge in [0.1, 0.15) is 6.17 Å². The standard InChI is InChI=1S/C9H15FN4/c10-7-3-9(4-11)14(5-7)6-8-1-2-12-13-8/h1-2,7,9H,3-6,11H2,(H,12,13)/t7-,9-/m0/s1. The van der Waals surface area contributed by atoms with E-state index in [4.69, 9.17) is 5.73 Å². The van der Waals surface area contributed by atoms with Gasteiger partial charge >= 0.3 is 0 Å². The van der Waals surface area contributed by atoms with E-state index in [-0.39, 0.29) is 6.04 Å². The fraction of sp³-hybridized carbons (Fsp3) is 0.667. The molecule has 0 radical (unpaired) electrons. The lowest BCUT2D eigenvalue weighted by molar-refractivity contribution is 0.236. The van der Waals surface area contributed by atoms with Gasteiger partial charge in [0.15, 0.2) is 0 Å². The minimum atomic E-state index is -0.730. The predicted octanol–water partition coefficient (Wildman–Crippen LogP) is 0.281. The summed E-state index contributed by atoms with van der Waals surface area (Å²) in [4.78, 5) is 2.07. The number of nitrogens with one attached hydrogen (secondary N) is 1. The van der Waals surface area contributed by atoms with E-state index >= 15 is 0 Å². The van der Waals surface area contributed by atoms with Gasteiger partial charge < -0.3 is 5.73 Å². The number of aromatic nitrogens is 2. The first-order valence-corrected chi connectivity index (χ1v) is 4.86. The second-order valence-electron chi connectivity index (χ2n) is 3.73. The van der Waals surface area contributed by atoms with Crippen LogP contribution in [0, 0.1) is 0 Å². The van der Waals surface area contributed by atoms with Gasteiger partial charge in [-0.15, -0.1) is 0 Å². The van der Waals surface area contributed by atoms with E-state index < -0.39 is 6.17 Å². The zero-order valence-electron chi connectivity index (χ0n) is 7.99. The van der Waals surface area contributed by atoms with Crippen LogP contribution in [0.5, 0.6) is 0 Å². The number of alkyl halides is 1. The van der Waals surface area contributed by atoms with Crippen molar-refractivity contribution in [2.45, 2.75) is 25.2 Å². The molecule has 0 saturated carbocycles. The zero-order chi connectivity index (χ0) is 9.97. The van der Waals surface area contributed by atoms with Crippen molar-refractivity contribution >= 4 is 0 Å². The molecule has 1 aliphatic rings. The van der Waals surface area contributed by atoms with Crippen LogP contribution in [0.4, 0.5) is 4.39 Å². The average Bonchev–Trinajstić information content (AvgIpc) is 2.76. The van der Waals surface area contributed by atoms with E-state index in [1.165, 1.54) is 0 Å². The summed E-state index contributed by atoms with van der Waals surface area (Å²) < 4.78 is 13.1. The Morgan fingerprint density at radius 2 is 2.57 bits per heavy atom. The van der Waals surface area contributed by atoms with Crippen molar-refractivity contribution < 1.29 is 4.39 Å². The summed E-state index contributed by atoms with van der Waals surface area (Å²) in [7, 11) is 0. The average molecular weight is 198 g/mol. The van der Waals surface area contributed by atoms with E-state index in [9.17, 15) is 4.39 Å². The normalized spacial score (nSPS) is 28.4. The van der Waals surface area contributed by atoms with Crippen molar-refractivity contribution in [1.82, 2.24) is 15.1 Å². The molecule has 0 amide bonds. The molecular weight excluding hydrogens is 183 g/mol. The SMILES string of the molecule is NC[C@@H]1C[C@H](F)CN1Cc1ccn[nH]1. The monoisotopic (exact) mass is 198 g/mol. The molecule has 5 heteroatoms. The lowest BCUT2D eigenvalue weighted by Gasteiger charge is -2.21. The van der Waals surface area contributed by atoms with Crippen molar-refractivity contribution in [3.8, 4) is 0 Å². The highest BCUT2D eigenvalue weighted by Gasteiger charge is 2.30. The molecule has 1 aromatic rings. The van der Waals surface area contributed by atoms with Gasteiger partial charge in [-0.2, -0.15) is 5.10 Å². The number of hydrogen-bond donors (Lipinski definition) is 2. The highest BCUT2D eigenvalue weighted by Crippen LogP contribution is 2.21. The van der Waals surface area contributed by atoms with Crippen molar-refractivity contribution in [1.29, 1.82) is 0 Å². The quantitative estimate of drug-likeness (QED) is 0.733. The fourth-order valence-electron chi connectivity index (χ4n) is 1.95. The maximum Gasteiger partial charge on any atom is 0.114 e. The van der Waals surface area contributed by atoms with E-state index in [1.54, 1.807) is 6.20 Å². The molecule has 1 saturated heterocycles. The van der Waals surface area contributed by atoms with Crippen molar-refractivity contribution in [2.24, 2.45) is 5.73 Å². The molecule has 0 unspecified atom stereocenters. The lowest BCUT2D eigenvalue weighted by Crippen LogP contribution is -2.35. The topological polar surface area (TPSA) is 57.9 Å². The summed E-state index contributed by atoms with van der Waals surface area (Å²) in [5, 5.41) is 6.73. The summed E-state index contributed by atoms with van der Waals surface area (Å²) in [5.41, 5.74) is 6.59. The van der Waals surface area contributed by atoms with Crippen molar-refractivity contribution in [2.75, 3.05) is 13.1 Å². The van der Waals surface area contributed by atoms with Gasteiger partial charge in [0.05, 0.1) is 0 Å². The number of nitrogens with two attached hydrogens (primary N) is 1. The molecular formula is C9H15FN4. The second-order valence-corrected chi connectivity index (χ2v) is 3.73. The summed E-state index contributed by atoms with van der Waals surface area (Å²) >= 11 is 0. The van der Waals surface area contributed by atoms with E-state index in [2.05, 4.69) is 15.1 Å². The Labute approximate surface area is 82.3 Å². The largest absolute Gasteiger partial charge is 0.329 e. The van der Waals surface area contributed by atoms with Crippen LogP contribution in [0.1, 0.15) is 12.1 Å². The molecule has 2 heterocycles. The predicted molar refractivity (Wildman–Crippen MR) is 51.4 cm³/mol. The summed E-state index contributed by atoms with van der Waals surface area (Å²) in [5.74, 6) is 0. The van der Waals surface area contributed by atoms with Crippen LogP contribution in [-0.2, 0) is 6.54 Å². The third kappa shape index (κ3) is 1.93.